The summed E-state index contributed by atoms with van der Waals surface area (Å²) in [6.07, 6.45) is 1.32. The number of amides is 1. The number of hydrogen-bond donors (Lipinski definition) is 1. The van der Waals surface area contributed by atoms with Crippen molar-refractivity contribution in [3.8, 4) is 0 Å². The molecule has 30 heavy (non-hydrogen) atoms. The van der Waals surface area contributed by atoms with Crippen molar-refractivity contribution in [1.82, 2.24) is 5.43 Å². The molecule has 0 aliphatic heterocycles. The molecule has 0 fully saturated rings. The lowest BCUT2D eigenvalue weighted by Gasteiger charge is -2.24. The van der Waals surface area contributed by atoms with E-state index in [1.54, 1.807) is 49.4 Å². The third-order valence-corrected chi connectivity index (χ3v) is 6.88. The van der Waals surface area contributed by atoms with E-state index in [9.17, 15) is 13.2 Å². The highest BCUT2D eigenvalue weighted by molar-refractivity contribution is 9.10. The molecule has 0 aliphatic rings. The molecule has 1 N–H and O–H groups in total. The number of nitrogens with one attached hydrogen (secondary N) is 1. The van der Waals surface area contributed by atoms with Crippen LogP contribution in [0.4, 0.5) is 5.69 Å². The number of aryl methyl sites for hydroxylation is 1. The van der Waals surface area contributed by atoms with Gasteiger partial charge >= 0.3 is 0 Å². The second-order valence-electron chi connectivity index (χ2n) is 6.12. The summed E-state index contributed by atoms with van der Waals surface area (Å²) >= 11 is 9.53. The number of furan rings is 1. The molecule has 2 aromatic carbocycles. The van der Waals surface area contributed by atoms with Crippen LogP contribution in [0.1, 0.15) is 11.5 Å². The molecule has 1 heterocycles. The maximum absolute atomic E-state index is 13.2. The lowest BCUT2D eigenvalue weighted by atomic mass is 10.3. The summed E-state index contributed by atoms with van der Waals surface area (Å²) in [6.45, 7) is 1.26. The van der Waals surface area contributed by atoms with Crippen molar-refractivity contribution in [2.24, 2.45) is 5.10 Å². The predicted octanol–water partition coefficient (Wildman–Crippen LogP) is 4.35. The average molecular weight is 511 g/mol. The molecule has 0 aliphatic carbocycles. The van der Waals surface area contributed by atoms with Crippen molar-refractivity contribution >= 4 is 55.4 Å². The van der Waals surface area contributed by atoms with Crippen molar-refractivity contribution in [3.05, 3.63) is 81.7 Å². The number of carbonyl (C=O) groups excluding carboxylic acids is 1. The van der Waals surface area contributed by atoms with Gasteiger partial charge in [-0.1, -0.05) is 41.9 Å². The van der Waals surface area contributed by atoms with Gasteiger partial charge in [0.15, 0.2) is 0 Å². The van der Waals surface area contributed by atoms with Gasteiger partial charge in [0.1, 0.15) is 18.1 Å². The van der Waals surface area contributed by atoms with Gasteiger partial charge in [0.05, 0.1) is 26.3 Å². The molecular weight excluding hydrogens is 494 g/mol. The summed E-state index contributed by atoms with van der Waals surface area (Å²) in [6, 6.07) is 15.9. The molecule has 0 saturated carbocycles. The number of hydrogen-bond acceptors (Lipinski definition) is 5. The number of halogens is 2. The zero-order valence-corrected chi connectivity index (χ0v) is 18.9. The van der Waals surface area contributed by atoms with E-state index in [0.717, 1.165) is 8.78 Å². The van der Waals surface area contributed by atoms with Crippen molar-refractivity contribution in [2.45, 2.75) is 11.8 Å². The molecule has 156 valence electrons. The molecule has 3 aromatic rings. The highest BCUT2D eigenvalue weighted by Gasteiger charge is 2.28. The van der Waals surface area contributed by atoms with E-state index in [2.05, 4.69) is 26.5 Å². The van der Waals surface area contributed by atoms with Crippen LogP contribution in [-0.2, 0) is 14.8 Å². The molecule has 3 rings (SSSR count). The fourth-order valence-corrected chi connectivity index (χ4v) is 4.61. The Bertz CT molecular complexity index is 1160. The molecule has 10 heteroatoms. The van der Waals surface area contributed by atoms with Gasteiger partial charge in [-0.05, 0) is 47.1 Å². The standard InChI is InChI=1S/C20H17BrClN3O4S/c1-14-17(21)11-15(29-14)12-23-24-20(26)13-25(19-10-6-5-9-18(19)22)30(27,28)16-7-3-2-4-8-16/h2-12H,13H2,1H3,(H,24,26)/b23-12+. The Balaban J connectivity index is 1.84. The van der Waals surface area contributed by atoms with Crippen molar-refractivity contribution in [3.63, 3.8) is 0 Å². The van der Waals surface area contributed by atoms with Crippen LogP contribution in [0, 0.1) is 6.92 Å². The van der Waals surface area contributed by atoms with Crippen LogP contribution in [0.25, 0.3) is 0 Å². The summed E-state index contributed by atoms with van der Waals surface area (Å²) in [5.41, 5.74) is 2.50. The van der Waals surface area contributed by atoms with Crippen LogP contribution in [0.3, 0.4) is 0 Å². The normalized spacial score (nSPS) is 11.6. The maximum Gasteiger partial charge on any atom is 0.264 e. The Kier molecular flexibility index (Phi) is 6.96. The molecule has 7 nitrogen and oxygen atoms in total. The summed E-state index contributed by atoms with van der Waals surface area (Å²) < 4.78 is 33.5. The van der Waals surface area contributed by atoms with Crippen molar-refractivity contribution in [1.29, 1.82) is 0 Å². The number of nitrogens with zero attached hydrogens (tertiary/aromatic N) is 2. The largest absolute Gasteiger partial charge is 0.459 e. The summed E-state index contributed by atoms with van der Waals surface area (Å²) in [5.74, 6) is 0.453. The van der Waals surface area contributed by atoms with Crippen LogP contribution in [0.15, 0.2) is 79.6 Å². The first-order chi connectivity index (χ1) is 14.3. The zero-order chi connectivity index (χ0) is 21.7. The van der Waals surface area contributed by atoms with Gasteiger partial charge < -0.3 is 4.42 Å². The monoisotopic (exact) mass is 509 g/mol. The van der Waals surface area contributed by atoms with Gasteiger partial charge in [-0.25, -0.2) is 13.8 Å². The van der Waals surface area contributed by atoms with Crippen molar-refractivity contribution in [2.75, 3.05) is 10.8 Å². The summed E-state index contributed by atoms with van der Waals surface area (Å²) in [5, 5.41) is 4.02. The van der Waals surface area contributed by atoms with Gasteiger partial charge in [-0.2, -0.15) is 5.10 Å². The highest BCUT2D eigenvalue weighted by Crippen LogP contribution is 2.30. The predicted molar refractivity (Wildman–Crippen MR) is 119 cm³/mol. The topological polar surface area (TPSA) is 92.0 Å². The number of rotatable bonds is 7. The van der Waals surface area contributed by atoms with Gasteiger partial charge in [0.25, 0.3) is 15.9 Å². The van der Waals surface area contributed by atoms with E-state index in [-0.39, 0.29) is 15.6 Å². The van der Waals surface area contributed by atoms with Crippen LogP contribution in [0.2, 0.25) is 5.02 Å². The summed E-state index contributed by atoms with van der Waals surface area (Å²) in [4.78, 5) is 12.5. The van der Waals surface area contributed by atoms with Crippen LogP contribution < -0.4 is 9.73 Å². The van der Waals surface area contributed by atoms with E-state index in [0.29, 0.717) is 11.5 Å². The number of para-hydroxylation sites is 1. The third kappa shape index (κ3) is 5.10. The Morgan fingerprint density at radius 3 is 2.50 bits per heavy atom. The van der Waals surface area contributed by atoms with E-state index in [1.165, 1.54) is 24.4 Å². The molecule has 0 saturated heterocycles. The first kappa shape index (κ1) is 22.1. The molecule has 0 bridgehead atoms. The SMILES string of the molecule is Cc1oc(/C=N/NC(=O)CN(c2ccccc2Cl)S(=O)(=O)c2ccccc2)cc1Br. The van der Waals surface area contributed by atoms with Crippen molar-refractivity contribution < 1.29 is 17.6 Å². The highest BCUT2D eigenvalue weighted by atomic mass is 79.9. The fourth-order valence-electron chi connectivity index (χ4n) is 2.55. The lowest BCUT2D eigenvalue weighted by Crippen LogP contribution is -2.39. The smallest absolute Gasteiger partial charge is 0.264 e. The number of sulfonamides is 1. The second kappa shape index (κ2) is 9.46. The molecule has 0 unspecified atom stereocenters. The molecule has 0 radical (unpaired) electrons. The number of hydrazone groups is 1. The zero-order valence-electron chi connectivity index (χ0n) is 15.7. The molecule has 1 aromatic heterocycles. The van der Waals surface area contributed by atoms with E-state index >= 15 is 0 Å². The lowest BCUT2D eigenvalue weighted by molar-refractivity contribution is -0.119. The first-order valence-corrected chi connectivity index (χ1v) is 11.3. The van der Waals surface area contributed by atoms with Gasteiger partial charge in [-0.15, -0.1) is 0 Å². The minimum atomic E-state index is -4.04. The Hall–Kier alpha value is -2.62. The minimum Gasteiger partial charge on any atom is -0.459 e. The average Bonchev–Trinajstić information content (AvgIpc) is 3.04. The first-order valence-electron chi connectivity index (χ1n) is 8.69. The Morgan fingerprint density at radius 1 is 1.20 bits per heavy atom. The van der Waals surface area contributed by atoms with E-state index < -0.39 is 22.5 Å². The number of anilines is 1. The second-order valence-corrected chi connectivity index (χ2v) is 9.25. The number of benzene rings is 2. The van der Waals surface area contributed by atoms with Crippen LogP contribution >= 0.6 is 27.5 Å². The molecular formula is C20H17BrClN3O4S. The summed E-state index contributed by atoms with van der Waals surface area (Å²) in [7, 11) is -4.04. The number of carbonyl (C=O) groups is 1. The molecule has 0 spiro atoms. The van der Waals surface area contributed by atoms with E-state index in [4.69, 9.17) is 16.0 Å². The quantitative estimate of drug-likeness (QED) is 0.378. The fraction of sp³-hybridized carbons (Fsp3) is 0.100. The van der Waals surface area contributed by atoms with Gasteiger partial charge in [0, 0.05) is 6.07 Å². The minimum absolute atomic E-state index is 0.0390. The van der Waals surface area contributed by atoms with Gasteiger partial charge in [0.2, 0.25) is 0 Å². The van der Waals surface area contributed by atoms with Crippen LogP contribution in [-0.4, -0.2) is 27.1 Å². The maximum atomic E-state index is 13.2. The van der Waals surface area contributed by atoms with E-state index in [1.807, 2.05) is 0 Å². The van der Waals surface area contributed by atoms with Gasteiger partial charge in [-0.3, -0.25) is 9.10 Å². The Morgan fingerprint density at radius 2 is 1.87 bits per heavy atom. The third-order valence-electron chi connectivity index (χ3n) is 4.00. The van der Waals surface area contributed by atoms with Crippen LogP contribution in [0.5, 0.6) is 0 Å². The molecule has 0 atom stereocenters. The molecule has 1 amide bonds. The Labute approximate surface area is 187 Å².